The standard InChI is InChI=1S/C16H14ClN3O3S/c1-3-23-15(22)11-8-24-14-12(11)13(18-16(17)19-14)20(2)9-4-6-10(21)7-5-9/h4-8,21H,3H2,1-2H3. The summed E-state index contributed by atoms with van der Waals surface area (Å²) in [7, 11) is 1.80. The van der Waals surface area contributed by atoms with Crippen LogP contribution in [0, 0.1) is 0 Å². The van der Waals surface area contributed by atoms with E-state index in [0.717, 1.165) is 5.69 Å². The number of hydrogen-bond donors (Lipinski definition) is 1. The van der Waals surface area contributed by atoms with Crippen LogP contribution < -0.4 is 4.90 Å². The van der Waals surface area contributed by atoms with Gasteiger partial charge in [-0.1, -0.05) is 0 Å². The monoisotopic (exact) mass is 363 g/mol. The van der Waals surface area contributed by atoms with E-state index >= 15 is 0 Å². The number of fused-ring (bicyclic) bond motifs is 1. The Balaban J connectivity index is 2.16. The fourth-order valence-electron chi connectivity index (χ4n) is 2.30. The summed E-state index contributed by atoms with van der Waals surface area (Å²) in [5.74, 6) is 0.246. The molecule has 0 unspecified atom stereocenters. The zero-order chi connectivity index (χ0) is 17.3. The number of aromatic nitrogens is 2. The molecule has 0 amide bonds. The Morgan fingerprint density at radius 2 is 2.04 bits per heavy atom. The van der Waals surface area contributed by atoms with Gasteiger partial charge in [-0.25, -0.2) is 9.78 Å². The van der Waals surface area contributed by atoms with Crippen LogP contribution in [-0.2, 0) is 4.74 Å². The molecule has 0 saturated carbocycles. The highest BCUT2D eigenvalue weighted by molar-refractivity contribution is 7.17. The number of ether oxygens (including phenoxy) is 1. The first-order chi connectivity index (χ1) is 11.5. The first-order valence-electron chi connectivity index (χ1n) is 7.16. The maximum Gasteiger partial charge on any atom is 0.339 e. The zero-order valence-electron chi connectivity index (χ0n) is 13.0. The van der Waals surface area contributed by atoms with Gasteiger partial charge in [-0.3, -0.25) is 0 Å². The van der Waals surface area contributed by atoms with Gasteiger partial charge in [-0.2, -0.15) is 4.98 Å². The summed E-state index contributed by atoms with van der Waals surface area (Å²) < 4.78 is 5.11. The highest BCUT2D eigenvalue weighted by atomic mass is 35.5. The summed E-state index contributed by atoms with van der Waals surface area (Å²) in [6.07, 6.45) is 0. The van der Waals surface area contributed by atoms with E-state index in [4.69, 9.17) is 16.3 Å². The van der Waals surface area contributed by atoms with Crippen molar-refractivity contribution in [2.24, 2.45) is 0 Å². The summed E-state index contributed by atoms with van der Waals surface area (Å²) >= 11 is 7.34. The minimum absolute atomic E-state index is 0.0976. The van der Waals surface area contributed by atoms with Crippen LogP contribution in [0.15, 0.2) is 29.6 Å². The molecule has 124 valence electrons. The van der Waals surface area contributed by atoms with Crippen molar-refractivity contribution in [3.63, 3.8) is 0 Å². The number of benzene rings is 1. The normalized spacial score (nSPS) is 10.8. The van der Waals surface area contributed by atoms with E-state index in [1.807, 2.05) is 0 Å². The van der Waals surface area contributed by atoms with E-state index in [2.05, 4.69) is 9.97 Å². The van der Waals surface area contributed by atoms with Gasteiger partial charge in [0, 0.05) is 18.1 Å². The van der Waals surface area contributed by atoms with Crippen molar-refractivity contribution in [3.8, 4) is 5.75 Å². The number of rotatable bonds is 4. The van der Waals surface area contributed by atoms with Crippen LogP contribution in [0.5, 0.6) is 5.75 Å². The Kier molecular flexibility index (Phi) is 4.55. The number of thiophene rings is 1. The smallest absolute Gasteiger partial charge is 0.339 e. The van der Waals surface area contributed by atoms with Gasteiger partial charge in [0.15, 0.2) is 0 Å². The molecule has 0 aliphatic carbocycles. The lowest BCUT2D eigenvalue weighted by molar-refractivity contribution is 0.0529. The maximum atomic E-state index is 12.2. The number of nitrogens with zero attached hydrogens (tertiary/aromatic N) is 3. The molecule has 24 heavy (non-hydrogen) atoms. The molecule has 0 saturated heterocycles. The van der Waals surface area contributed by atoms with Gasteiger partial charge >= 0.3 is 5.97 Å². The number of aromatic hydroxyl groups is 1. The van der Waals surface area contributed by atoms with Crippen LogP contribution in [-0.4, -0.2) is 34.7 Å². The quantitative estimate of drug-likeness (QED) is 0.558. The number of esters is 1. The van der Waals surface area contributed by atoms with Gasteiger partial charge in [0.1, 0.15) is 16.4 Å². The van der Waals surface area contributed by atoms with Gasteiger partial charge in [0.25, 0.3) is 0 Å². The minimum Gasteiger partial charge on any atom is -0.508 e. The predicted molar refractivity (Wildman–Crippen MR) is 94.6 cm³/mol. The summed E-state index contributed by atoms with van der Waals surface area (Å²) in [4.78, 5) is 23.1. The average Bonchev–Trinajstić information content (AvgIpc) is 2.98. The molecule has 0 atom stereocenters. The lowest BCUT2D eigenvalue weighted by atomic mass is 10.2. The van der Waals surface area contributed by atoms with E-state index in [1.165, 1.54) is 11.3 Å². The van der Waals surface area contributed by atoms with Crippen LogP contribution in [0.4, 0.5) is 11.5 Å². The Morgan fingerprint density at radius 1 is 1.33 bits per heavy atom. The second kappa shape index (κ2) is 6.62. The molecule has 0 radical (unpaired) electrons. The zero-order valence-corrected chi connectivity index (χ0v) is 14.6. The molecular formula is C16H14ClN3O3S. The van der Waals surface area contributed by atoms with Crippen LogP contribution in [0.25, 0.3) is 10.2 Å². The Hall–Kier alpha value is -2.38. The van der Waals surface area contributed by atoms with Crippen molar-refractivity contribution in [1.82, 2.24) is 9.97 Å². The van der Waals surface area contributed by atoms with Crippen LogP contribution >= 0.6 is 22.9 Å². The first-order valence-corrected chi connectivity index (χ1v) is 8.41. The maximum absolute atomic E-state index is 12.2. The molecule has 0 fully saturated rings. The molecular weight excluding hydrogens is 350 g/mol. The number of hydrogen-bond acceptors (Lipinski definition) is 7. The Morgan fingerprint density at radius 3 is 2.71 bits per heavy atom. The molecule has 0 bridgehead atoms. The van der Waals surface area contributed by atoms with E-state index in [9.17, 15) is 9.90 Å². The Bertz CT molecular complexity index is 895. The second-order valence-corrected chi connectivity index (χ2v) is 6.14. The highest BCUT2D eigenvalue weighted by Gasteiger charge is 2.22. The SMILES string of the molecule is CCOC(=O)c1csc2nc(Cl)nc(N(C)c3ccc(O)cc3)c12. The highest BCUT2D eigenvalue weighted by Crippen LogP contribution is 2.36. The molecule has 1 N–H and O–H groups in total. The number of carbonyl (C=O) groups is 1. The first kappa shape index (κ1) is 16.5. The summed E-state index contributed by atoms with van der Waals surface area (Å²) in [5, 5.41) is 11.8. The molecule has 2 aromatic heterocycles. The van der Waals surface area contributed by atoms with Gasteiger partial charge in [-0.05, 0) is 42.8 Å². The van der Waals surface area contributed by atoms with E-state index in [1.54, 1.807) is 48.5 Å². The molecule has 8 heteroatoms. The largest absolute Gasteiger partial charge is 0.508 e. The van der Waals surface area contributed by atoms with Crippen molar-refractivity contribution in [2.45, 2.75) is 6.92 Å². The molecule has 3 rings (SSSR count). The fourth-order valence-corrected chi connectivity index (χ4v) is 3.41. The third-order valence-electron chi connectivity index (χ3n) is 3.44. The van der Waals surface area contributed by atoms with Gasteiger partial charge in [0.2, 0.25) is 5.28 Å². The van der Waals surface area contributed by atoms with Crippen molar-refractivity contribution in [2.75, 3.05) is 18.6 Å². The number of anilines is 2. The van der Waals surface area contributed by atoms with Crippen molar-refractivity contribution < 1.29 is 14.6 Å². The second-order valence-electron chi connectivity index (χ2n) is 4.94. The molecule has 3 aromatic rings. The summed E-state index contributed by atoms with van der Waals surface area (Å²) in [6.45, 7) is 2.04. The van der Waals surface area contributed by atoms with E-state index < -0.39 is 5.97 Å². The third kappa shape index (κ3) is 3.00. The van der Waals surface area contributed by atoms with Crippen LogP contribution in [0.2, 0.25) is 5.28 Å². The molecule has 0 aliphatic heterocycles. The van der Waals surface area contributed by atoms with Gasteiger partial charge in [0.05, 0.1) is 17.6 Å². The number of halogens is 1. The topological polar surface area (TPSA) is 75.5 Å². The lowest BCUT2D eigenvalue weighted by Crippen LogP contribution is -2.13. The van der Waals surface area contributed by atoms with Crippen LogP contribution in [0.1, 0.15) is 17.3 Å². The van der Waals surface area contributed by atoms with Crippen molar-refractivity contribution in [3.05, 3.63) is 40.5 Å². The minimum atomic E-state index is -0.421. The van der Waals surface area contributed by atoms with Crippen molar-refractivity contribution in [1.29, 1.82) is 0 Å². The van der Waals surface area contributed by atoms with E-state index in [-0.39, 0.29) is 17.6 Å². The number of phenolic OH excluding ortho intramolecular Hbond substituents is 1. The van der Waals surface area contributed by atoms with Gasteiger partial charge < -0.3 is 14.7 Å². The molecule has 1 aromatic carbocycles. The lowest BCUT2D eigenvalue weighted by Gasteiger charge is -2.19. The number of phenols is 1. The Labute approximate surface area is 147 Å². The fraction of sp³-hybridized carbons (Fsp3) is 0.188. The summed E-state index contributed by atoms with van der Waals surface area (Å²) in [5.41, 5.74) is 1.19. The van der Waals surface area contributed by atoms with Crippen molar-refractivity contribution >= 4 is 50.6 Å². The third-order valence-corrected chi connectivity index (χ3v) is 4.48. The number of carbonyl (C=O) groups excluding carboxylic acids is 1. The van der Waals surface area contributed by atoms with Crippen LogP contribution in [0.3, 0.4) is 0 Å². The predicted octanol–water partition coefficient (Wildman–Crippen LogP) is 3.99. The van der Waals surface area contributed by atoms with Gasteiger partial charge in [-0.15, -0.1) is 11.3 Å². The summed E-state index contributed by atoms with van der Waals surface area (Å²) in [6, 6.07) is 6.64. The molecule has 0 spiro atoms. The molecule has 2 heterocycles. The molecule has 0 aliphatic rings. The average molecular weight is 364 g/mol. The molecule has 6 nitrogen and oxygen atoms in total. The van der Waals surface area contributed by atoms with E-state index in [0.29, 0.717) is 21.6 Å².